The molecule has 3 rings (SSSR count). The summed E-state index contributed by atoms with van der Waals surface area (Å²) in [6.07, 6.45) is 1.01. The minimum Gasteiger partial charge on any atom is -0.391 e. The highest BCUT2D eigenvalue weighted by Crippen LogP contribution is 2.35. The number of carbonyl (C=O) groups is 2. The largest absolute Gasteiger partial charge is 0.391 e. The second kappa shape index (κ2) is 6.51. The van der Waals surface area contributed by atoms with Crippen molar-refractivity contribution in [1.29, 1.82) is 0 Å². The molecule has 4 atom stereocenters. The van der Waals surface area contributed by atoms with Crippen LogP contribution in [0.15, 0.2) is 18.2 Å². The summed E-state index contributed by atoms with van der Waals surface area (Å²) in [6.45, 7) is 3.61. The van der Waals surface area contributed by atoms with Gasteiger partial charge in [-0.05, 0) is 36.0 Å². The monoisotopic (exact) mass is 334 g/mol. The first-order chi connectivity index (χ1) is 11.4. The zero-order chi connectivity index (χ0) is 17.4. The van der Waals surface area contributed by atoms with Crippen molar-refractivity contribution in [2.75, 3.05) is 6.54 Å². The van der Waals surface area contributed by atoms with E-state index in [1.807, 2.05) is 13.0 Å². The van der Waals surface area contributed by atoms with Gasteiger partial charge in [0.05, 0.1) is 12.1 Å². The van der Waals surface area contributed by atoms with E-state index in [1.165, 1.54) is 17.9 Å². The number of halogens is 1. The van der Waals surface area contributed by atoms with E-state index >= 15 is 0 Å². The Balaban J connectivity index is 1.82. The highest BCUT2D eigenvalue weighted by molar-refractivity contribution is 5.88. The van der Waals surface area contributed by atoms with Gasteiger partial charge in [-0.2, -0.15) is 0 Å². The fourth-order valence-electron chi connectivity index (χ4n) is 3.86. The van der Waals surface area contributed by atoms with Gasteiger partial charge in [-0.25, -0.2) is 4.39 Å². The van der Waals surface area contributed by atoms with Crippen LogP contribution >= 0.6 is 0 Å². The van der Waals surface area contributed by atoms with Crippen LogP contribution in [-0.4, -0.2) is 40.5 Å². The van der Waals surface area contributed by atoms with E-state index < -0.39 is 12.1 Å². The summed E-state index contributed by atoms with van der Waals surface area (Å²) >= 11 is 0. The van der Waals surface area contributed by atoms with Crippen molar-refractivity contribution in [2.24, 2.45) is 5.92 Å². The van der Waals surface area contributed by atoms with Crippen molar-refractivity contribution in [3.63, 3.8) is 0 Å². The standard InChI is InChI=1S/C18H23FN2O3/c1-10-6-7-13-14(4-3-5-15(13)19)17(10)20-18(24)16-8-12(23)9-21(16)11(2)22/h3-5,10,12,16-17,23H,6-9H2,1-2H3,(H,20,24)/t10-,12-,16+,17-/m0/s1. The lowest BCUT2D eigenvalue weighted by Crippen LogP contribution is -2.47. The van der Waals surface area contributed by atoms with E-state index in [2.05, 4.69) is 5.32 Å². The maximum Gasteiger partial charge on any atom is 0.243 e. The highest BCUT2D eigenvalue weighted by atomic mass is 19.1. The Morgan fingerprint density at radius 3 is 2.83 bits per heavy atom. The molecule has 24 heavy (non-hydrogen) atoms. The Hall–Kier alpha value is -1.95. The summed E-state index contributed by atoms with van der Waals surface area (Å²) < 4.78 is 14.0. The van der Waals surface area contributed by atoms with E-state index in [4.69, 9.17) is 0 Å². The van der Waals surface area contributed by atoms with E-state index in [1.54, 1.807) is 6.07 Å². The summed E-state index contributed by atoms with van der Waals surface area (Å²) in [5, 5.41) is 12.8. The molecule has 1 fully saturated rings. The van der Waals surface area contributed by atoms with Gasteiger partial charge in [-0.3, -0.25) is 9.59 Å². The molecule has 0 unspecified atom stereocenters. The molecule has 0 aromatic heterocycles. The van der Waals surface area contributed by atoms with Crippen LogP contribution in [0.25, 0.3) is 0 Å². The Bertz CT molecular complexity index is 664. The number of hydrogen-bond donors (Lipinski definition) is 2. The van der Waals surface area contributed by atoms with Gasteiger partial charge in [0.1, 0.15) is 11.9 Å². The van der Waals surface area contributed by atoms with Crippen LogP contribution in [0.4, 0.5) is 4.39 Å². The smallest absolute Gasteiger partial charge is 0.243 e. The molecule has 1 heterocycles. The van der Waals surface area contributed by atoms with Crippen molar-refractivity contribution in [3.8, 4) is 0 Å². The summed E-state index contributed by atoms with van der Waals surface area (Å²) in [7, 11) is 0. The highest BCUT2D eigenvalue weighted by Gasteiger charge is 2.39. The Labute approximate surface area is 140 Å². The number of nitrogens with one attached hydrogen (secondary N) is 1. The molecule has 0 radical (unpaired) electrons. The van der Waals surface area contributed by atoms with Crippen LogP contribution in [0.2, 0.25) is 0 Å². The molecule has 2 N–H and O–H groups in total. The lowest BCUT2D eigenvalue weighted by atomic mass is 9.80. The molecule has 1 aromatic rings. The number of hydrogen-bond acceptors (Lipinski definition) is 3. The SMILES string of the molecule is CC(=O)N1C[C@@H](O)C[C@@H]1C(=O)N[C@@H]1c2cccc(F)c2CC[C@@H]1C. The van der Waals surface area contributed by atoms with E-state index in [0.29, 0.717) is 12.0 Å². The number of nitrogens with zero attached hydrogens (tertiary/aromatic N) is 1. The molecular formula is C18H23FN2O3. The fraction of sp³-hybridized carbons (Fsp3) is 0.556. The second-order valence-electron chi connectivity index (χ2n) is 6.89. The predicted molar refractivity (Wildman–Crippen MR) is 86.6 cm³/mol. The van der Waals surface area contributed by atoms with Crippen LogP contribution in [-0.2, 0) is 16.0 Å². The molecule has 0 spiro atoms. The zero-order valence-electron chi connectivity index (χ0n) is 14.0. The van der Waals surface area contributed by atoms with Gasteiger partial charge in [0, 0.05) is 19.9 Å². The molecule has 1 aliphatic heterocycles. The molecule has 5 nitrogen and oxygen atoms in total. The molecule has 2 amide bonds. The van der Waals surface area contributed by atoms with Crippen molar-refractivity contribution in [2.45, 2.75) is 51.3 Å². The normalized spacial score (nSPS) is 29.2. The minimum absolute atomic E-state index is 0.179. The number of aliphatic hydroxyl groups excluding tert-OH is 1. The molecule has 1 aromatic carbocycles. The maximum atomic E-state index is 14.0. The lowest BCUT2D eigenvalue weighted by molar-refractivity contribution is -0.137. The first-order valence-electron chi connectivity index (χ1n) is 8.41. The summed E-state index contributed by atoms with van der Waals surface area (Å²) in [6, 6.07) is 4.02. The number of likely N-dealkylation sites (tertiary alicyclic amines) is 1. The molecule has 6 heteroatoms. The summed E-state index contributed by atoms with van der Waals surface area (Å²) in [5.74, 6) is -0.564. The van der Waals surface area contributed by atoms with Crippen molar-refractivity contribution in [1.82, 2.24) is 10.2 Å². The number of fused-ring (bicyclic) bond motifs is 1. The van der Waals surface area contributed by atoms with Crippen LogP contribution < -0.4 is 5.32 Å². The van der Waals surface area contributed by atoms with Gasteiger partial charge in [0.2, 0.25) is 11.8 Å². The van der Waals surface area contributed by atoms with Gasteiger partial charge in [-0.1, -0.05) is 19.1 Å². The zero-order valence-corrected chi connectivity index (χ0v) is 14.0. The van der Waals surface area contributed by atoms with Crippen molar-refractivity contribution >= 4 is 11.8 Å². The third kappa shape index (κ3) is 3.02. The Morgan fingerprint density at radius 1 is 1.38 bits per heavy atom. The maximum absolute atomic E-state index is 14.0. The number of aliphatic hydroxyl groups is 1. The molecule has 130 valence electrons. The van der Waals surface area contributed by atoms with Gasteiger partial charge < -0.3 is 15.3 Å². The van der Waals surface area contributed by atoms with Crippen LogP contribution in [0.5, 0.6) is 0 Å². The molecule has 1 saturated heterocycles. The van der Waals surface area contributed by atoms with Gasteiger partial charge >= 0.3 is 0 Å². The van der Waals surface area contributed by atoms with Crippen LogP contribution in [0.1, 0.15) is 43.9 Å². The first kappa shape index (κ1) is 16.9. The number of benzene rings is 1. The quantitative estimate of drug-likeness (QED) is 0.862. The van der Waals surface area contributed by atoms with E-state index in [-0.39, 0.29) is 42.6 Å². The van der Waals surface area contributed by atoms with Crippen molar-refractivity contribution < 1.29 is 19.1 Å². The third-order valence-corrected chi connectivity index (χ3v) is 5.19. The molecule has 0 saturated carbocycles. The number of amides is 2. The molecule has 2 aliphatic rings. The topological polar surface area (TPSA) is 69.6 Å². The van der Waals surface area contributed by atoms with Crippen LogP contribution in [0.3, 0.4) is 0 Å². The average Bonchev–Trinajstić information content (AvgIpc) is 2.92. The lowest BCUT2D eigenvalue weighted by Gasteiger charge is -2.34. The van der Waals surface area contributed by atoms with E-state index in [9.17, 15) is 19.1 Å². The van der Waals surface area contributed by atoms with Gasteiger partial charge in [0.15, 0.2) is 0 Å². The second-order valence-corrected chi connectivity index (χ2v) is 6.89. The molecular weight excluding hydrogens is 311 g/mol. The van der Waals surface area contributed by atoms with E-state index in [0.717, 1.165) is 12.0 Å². The summed E-state index contributed by atoms with van der Waals surface area (Å²) in [5.41, 5.74) is 1.48. The number of β-amino-alcohol motifs (C(OH)–C–C–N with tert-alkyl or cyclic N) is 1. The summed E-state index contributed by atoms with van der Waals surface area (Å²) in [4.78, 5) is 25.8. The van der Waals surface area contributed by atoms with Crippen molar-refractivity contribution in [3.05, 3.63) is 35.1 Å². The minimum atomic E-state index is -0.682. The number of rotatable bonds is 2. The molecule has 0 bridgehead atoms. The molecule has 1 aliphatic carbocycles. The van der Waals surface area contributed by atoms with Gasteiger partial charge in [-0.15, -0.1) is 0 Å². The predicted octanol–water partition coefficient (Wildman–Crippen LogP) is 1.55. The first-order valence-corrected chi connectivity index (χ1v) is 8.41. The number of carbonyl (C=O) groups excluding carboxylic acids is 2. The third-order valence-electron chi connectivity index (χ3n) is 5.19. The average molecular weight is 334 g/mol. The fourth-order valence-corrected chi connectivity index (χ4v) is 3.86. The Kier molecular flexibility index (Phi) is 4.58. The van der Waals surface area contributed by atoms with Crippen LogP contribution in [0, 0.1) is 11.7 Å². The Morgan fingerprint density at radius 2 is 2.12 bits per heavy atom. The van der Waals surface area contributed by atoms with Gasteiger partial charge in [0.25, 0.3) is 0 Å².